The number of aliphatic hydroxyl groups is 2. The van der Waals surface area contributed by atoms with E-state index in [9.17, 15) is 33.8 Å². The van der Waals surface area contributed by atoms with Crippen molar-refractivity contribution in [3.05, 3.63) is 33.1 Å². The molecule has 1 aromatic rings. The Bertz CT molecular complexity index is 857. The van der Waals surface area contributed by atoms with Crippen molar-refractivity contribution in [2.45, 2.75) is 24.5 Å². The summed E-state index contributed by atoms with van der Waals surface area (Å²) in [6, 6.07) is 0.997. The van der Waals surface area contributed by atoms with Crippen LogP contribution in [-0.4, -0.2) is 49.6 Å². The molecule has 2 fully saturated rings. The van der Waals surface area contributed by atoms with Crippen LogP contribution < -0.4 is 11.2 Å². The summed E-state index contributed by atoms with van der Waals surface area (Å²) in [6.45, 7) is -0.763. The molecular weight excluding hydrogens is 390 g/mol. The van der Waals surface area contributed by atoms with Crippen molar-refractivity contribution in [1.82, 2.24) is 9.55 Å². The third-order valence-corrected chi connectivity index (χ3v) is 5.76. The Labute approximate surface area is 137 Å². The normalized spacial score (nSPS) is 33.1. The number of nitrogens with one attached hydrogen (secondary N) is 1. The highest BCUT2D eigenvalue weighted by molar-refractivity contribution is 7.63. The zero-order valence-electron chi connectivity index (χ0n) is 12.0. The van der Waals surface area contributed by atoms with Gasteiger partial charge in [0, 0.05) is 12.3 Å². The average molecular weight is 402 g/mol. The van der Waals surface area contributed by atoms with E-state index in [-0.39, 0.29) is 0 Å². The van der Waals surface area contributed by atoms with Crippen molar-refractivity contribution in [3.63, 3.8) is 0 Å². The number of aromatic nitrogens is 2. The quantitative estimate of drug-likeness (QED) is 0.240. The minimum absolute atomic E-state index is 0.674. The van der Waals surface area contributed by atoms with E-state index in [1.165, 1.54) is 0 Å². The number of H-pyrrole nitrogens is 1. The monoisotopic (exact) mass is 402 g/mol. The second-order valence-electron chi connectivity index (χ2n) is 5.01. The van der Waals surface area contributed by atoms with Crippen LogP contribution >= 0.6 is 15.6 Å². The fraction of sp³-hybridized carbons (Fsp3) is 0.556. The highest BCUT2D eigenvalue weighted by Crippen LogP contribution is 2.73. The Morgan fingerprint density at radius 1 is 1.32 bits per heavy atom. The summed E-state index contributed by atoms with van der Waals surface area (Å²) in [5.74, 6) is 0. The Kier molecular flexibility index (Phi) is 4.85. The maximum absolute atomic E-state index is 11.7. The van der Waals surface area contributed by atoms with Gasteiger partial charge in [-0.25, -0.2) is 13.9 Å². The highest BCUT2D eigenvalue weighted by atomic mass is 31.3. The number of phosphoric ester groups is 1. The predicted octanol–water partition coefficient (Wildman–Crippen LogP) is -1.64. The largest absolute Gasteiger partial charge is 0.539 e. The number of ether oxygens (including phenoxy) is 1. The van der Waals surface area contributed by atoms with Gasteiger partial charge in [0.1, 0.15) is 18.3 Å². The van der Waals surface area contributed by atoms with Gasteiger partial charge < -0.3 is 19.8 Å². The van der Waals surface area contributed by atoms with Gasteiger partial charge in [-0.3, -0.25) is 18.9 Å². The third kappa shape index (κ3) is 4.15. The number of rotatable bonds is 6. The maximum atomic E-state index is 11.7. The molecule has 25 heavy (non-hydrogen) atoms. The molecule has 0 radical (unpaired) electrons. The molecule has 1 aromatic heterocycles. The number of nitrogens with zero attached hydrogens (tertiary/aromatic N) is 1. The molecule has 2 saturated heterocycles. The van der Waals surface area contributed by atoms with E-state index in [0.717, 1.165) is 16.8 Å². The summed E-state index contributed by atoms with van der Waals surface area (Å²) in [5.41, 5.74) is -1.57. The fourth-order valence-corrected chi connectivity index (χ4v) is 4.07. The van der Waals surface area contributed by atoms with E-state index >= 15 is 0 Å². The van der Waals surface area contributed by atoms with Crippen LogP contribution in [0.5, 0.6) is 0 Å². The van der Waals surface area contributed by atoms with Gasteiger partial charge in [0.25, 0.3) is 5.56 Å². The lowest BCUT2D eigenvalue weighted by atomic mass is 10.1. The summed E-state index contributed by atoms with van der Waals surface area (Å²) < 4.78 is 45.0. The molecule has 16 heteroatoms. The highest BCUT2D eigenvalue weighted by Gasteiger charge is 2.53. The smallest absolute Gasteiger partial charge is 0.387 e. The van der Waals surface area contributed by atoms with Gasteiger partial charge in [-0.2, -0.15) is 4.31 Å². The molecule has 3 rings (SSSR count). The van der Waals surface area contributed by atoms with E-state index in [4.69, 9.17) is 4.74 Å². The van der Waals surface area contributed by atoms with Crippen LogP contribution in [0.25, 0.3) is 0 Å². The SMILES string of the molecule is O=c1ccn([C@@H]2O[C@H](COP(=O)(O)OP3(=O)OO3)[C@@H](O)[C@H]2O)c(=O)[nH]1. The van der Waals surface area contributed by atoms with Crippen LogP contribution in [0.15, 0.2) is 21.9 Å². The first-order chi connectivity index (χ1) is 11.6. The molecule has 140 valence electrons. The minimum Gasteiger partial charge on any atom is -0.387 e. The minimum atomic E-state index is -4.86. The number of hydrogen-bond donors (Lipinski definition) is 4. The fourth-order valence-electron chi connectivity index (χ4n) is 2.10. The molecule has 0 spiro atoms. The van der Waals surface area contributed by atoms with Crippen LogP contribution in [0, 0.1) is 0 Å². The molecule has 14 nitrogen and oxygen atoms in total. The molecule has 0 aromatic carbocycles. The van der Waals surface area contributed by atoms with Gasteiger partial charge >= 0.3 is 21.3 Å². The Morgan fingerprint density at radius 2 is 2.00 bits per heavy atom. The van der Waals surface area contributed by atoms with Gasteiger partial charge in [-0.1, -0.05) is 0 Å². The van der Waals surface area contributed by atoms with Crippen LogP contribution in [0.3, 0.4) is 0 Å². The summed E-state index contributed by atoms with van der Waals surface area (Å²) in [7, 11) is -8.93. The van der Waals surface area contributed by atoms with E-state index in [0.29, 0.717) is 0 Å². The Hall–Kier alpha value is -1.18. The first kappa shape index (κ1) is 18.6. The topological polar surface area (TPSA) is 202 Å². The number of aromatic amines is 1. The van der Waals surface area contributed by atoms with Crippen molar-refractivity contribution in [3.8, 4) is 0 Å². The molecule has 4 N–H and O–H groups in total. The van der Waals surface area contributed by atoms with Gasteiger partial charge in [0.05, 0.1) is 6.61 Å². The molecule has 5 atom stereocenters. The van der Waals surface area contributed by atoms with Crippen LogP contribution in [0.2, 0.25) is 0 Å². The summed E-state index contributed by atoms with van der Waals surface area (Å²) in [5, 5.41) is 19.9. The van der Waals surface area contributed by atoms with E-state index in [1.807, 2.05) is 4.98 Å². The zero-order chi connectivity index (χ0) is 18.4. The second kappa shape index (κ2) is 6.52. The number of hydrogen-bond acceptors (Lipinski definition) is 11. The average Bonchev–Trinajstić information content (AvgIpc) is 3.15. The molecule has 0 amide bonds. The van der Waals surface area contributed by atoms with Crippen molar-refractivity contribution >= 4 is 15.6 Å². The van der Waals surface area contributed by atoms with Crippen molar-refractivity contribution < 1.29 is 47.2 Å². The van der Waals surface area contributed by atoms with Gasteiger partial charge in [0.15, 0.2) is 6.23 Å². The molecule has 2 aliphatic rings. The number of phosphoric acid groups is 2. The first-order valence-electron chi connectivity index (χ1n) is 6.60. The standard InChI is InChI=1S/C9H12N2O12P2/c12-5-1-2-11(9(15)10-5)8-7(14)6(13)4(20-8)3-19-24(16,17)23-25(18)21-22-25/h1-2,4,6-8,13-14H,3H2,(H,16,17)(H,10,12,15)/t4-,6-,7-,8-/m1/s1. The first-order valence-corrected chi connectivity index (χ1v) is 9.56. The summed E-state index contributed by atoms with van der Waals surface area (Å²) >= 11 is 0. The summed E-state index contributed by atoms with van der Waals surface area (Å²) in [4.78, 5) is 34.0. The van der Waals surface area contributed by atoms with E-state index in [2.05, 4.69) is 18.2 Å². The van der Waals surface area contributed by atoms with Crippen LogP contribution in [-0.2, 0) is 32.1 Å². The molecule has 3 heterocycles. The Balaban J connectivity index is 1.67. The van der Waals surface area contributed by atoms with Gasteiger partial charge in [-0.15, -0.1) is 9.35 Å². The molecule has 0 saturated carbocycles. The van der Waals surface area contributed by atoms with E-state index in [1.54, 1.807) is 0 Å². The van der Waals surface area contributed by atoms with Crippen molar-refractivity contribution in [2.24, 2.45) is 0 Å². The summed E-state index contributed by atoms with van der Waals surface area (Å²) in [6.07, 6.45) is -4.90. The predicted molar refractivity (Wildman–Crippen MR) is 73.9 cm³/mol. The molecule has 1 unspecified atom stereocenters. The number of aliphatic hydroxyl groups excluding tert-OH is 2. The molecule has 0 bridgehead atoms. The lowest BCUT2D eigenvalue weighted by molar-refractivity contribution is -0.0540. The van der Waals surface area contributed by atoms with Crippen LogP contribution in [0.1, 0.15) is 6.23 Å². The second-order valence-corrected chi connectivity index (χ2v) is 8.05. The maximum Gasteiger partial charge on any atom is 0.539 e. The van der Waals surface area contributed by atoms with Gasteiger partial charge in [0.2, 0.25) is 0 Å². The third-order valence-electron chi connectivity index (χ3n) is 3.26. The van der Waals surface area contributed by atoms with Crippen molar-refractivity contribution in [2.75, 3.05) is 6.61 Å². The van der Waals surface area contributed by atoms with Crippen molar-refractivity contribution in [1.29, 1.82) is 0 Å². The molecule has 0 aliphatic carbocycles. The lowest BCUT2D eigenvalue weighted by Crippen LogP contribution is -2.37. The molecular formula is C9H12N2O12P2. The van der Waals surface area contributed by atoms with Crippen LogP contribution in [0.4, 0.5) is 0 Å². The van der Waals surface area contributed by atoms with Gasteiger partial charge in [-0.05, 0) is 0 Å². The Morgan fingerprint density at radius 3 is 2.60 bits per heavy atom. The molecule has 2 aliphatic heterocycles. The van der Waals surface area contributed by atoms with E-state index < -0.39 is 58.0 Å². The lowest BCUT2D eigenvalue weighted by Gasteiger charge is -2.17. The zero-order valence-corrected chi connectivity index (χ0v) is 13.8.